The normalized spacial score (nSPS) is 23.6. The van der Waals surface area contributed by atoms with Gasteiger partial charge in [0.1, 0.15) is 23.4 Å². The van der Waals surface area contributed by atoms with Crippen molar-refractivity contribution in [3.63, 3.8) is 0 Å². The average Bonchev–Trinajstić information content (AvgIpc) is 3.14. The van der Waals surface area contributed by atoms with Gasteiger partial charge < -0.3 is 25.0 Å². The lowest BCUT2D eigenvalue weighted by Gasteiger charge is -2.45. The number of carbonyl (C=O) groups is 2. The molecule has 0 bridgehead atoms. The summed E-state index contributed by atoms with van der Waals surface area (Å²) in [5, 5.41) is 23.7. The number of fused-ring (bicyclic) bond motifs is 6. The Morgan fingerprint density at radius 2 is 1.92 bits per heavy atom. The van der Waals surface area contributed by atoms with Crippen molar-refractivity contribution < 1.29 is 37.7 Å². The number of benzene rings is 2. The molecule has 2 heterocycles. The summed E-state index contributed by atoms with van der Waals surface area (Å²) in [6.45, 7) is 3.08. The molecule has 1 amide bonds. The van der Waals surface area contributed by atoms with Crippen molar-refractivity contribution in [1.29, 1.82) is 0 Å². The first-order valence-electron chi connectivity index (χ1n) is 11.0. The number of esters is 1. The summed E-state index contributed by atoms with van der Waals surface area (Å²) in [6.07, 6.45) is 2.09. The topological polar surface area (TPSA) is 139 Å². The number of halogens is 2. The van der Waals surface area contributed by atoms with E-state index in [1.54, 1.807) is 6.07 Å². The highest BCUT2D eigenvalue weighted by molar-refractivity contribution is 7.94. The number of carbonyl (C=O) groups excluding carboxylic acids is 2. The van der Waals surface area contributed by atoms with Crippen LogP contribution in [0.2, 0.25) is 5.02 Å². The summed E-state index contributed by atoms with van der Waals surface area (Å²) >= 11 is 12.4. The molecule has 2 aromatic carbocycles. The fourth-order valence-corrected chi connectivity index (χ4v) is 5.68. The lowest BCUT2D eigenvalue weighted by atomic mass is 9.70. The van der Waals surface area contributed by atoms with Crippen molar-refractivity contribution in [2.75, 3.05) is 12.3 Å². The Morgan fingerprint density at radius 1 is 1.16 bits per heavy atom. The molecular formula is C25H19Cl2NO8S. The van der Waals surface area contributed by atoms with Gasteiger partial charge in [0.25, 0.3) is 5.91 Å². The summed E-state index contributed by atoms with van der Waals surface area (Å²) in [5.74, 6) is -2.63. The number of ether oxygens (including phenoxy) is 2. The molecular weight excluding hydrogens is 545 g/mol. The molecule has 192 valence electrons. The van der Waals surface area contributed by atoms with Crippen molar-refractivity contribution in [2.24, 2.45) is 5.92 Å². The fourth-order valence-electron chi connectivity index (χ4n) is 4.76. The number of rotatable bonds is 5. The van der Waals surface area contributed by atoms with Crippen LogP contribution in [0.1, 0.15) is 31.8 Å². The molecule has 37 heavy (non-hydrogen) atoms. The molecule has 0 saturated heterocycles. The molecule has 3 unspecified atom stereocenters. The third-order valence-corrected chi connectivity index (χ3v) is 8.41. The number of phenolic OH excluding ortho intramolecular Hbond substituents is 1. The molecule has 3 N–H and O–H groups in total. The second-order valence-electron chi connectivity index (χ2n) is 8.65. The third-order valence-electron chi connectivity index (χ3n) is 6.51. The van der Waals surface area contributed by atoms with E-state index < -0.39 is 39.3 Å². The number of phenols is 1. The number of aliphatic hydroxyl groups excluding tert-OH is 1. The van der Waals surface area contributed by atoms with Gasteiger partial charge in [-0.1, -0.05) is 41.9 Å². The van der Waals surface area contributed by atoms with Gasteiger partial charge in [0.2, 0.25) is 0 Å². The number of hydrogen-bond acceptors (Lipinski definition) is 8. The Labute approximate surface area is 221 Å². The number of nitrogens with one attached hydrogen (secondary N) is 1. The molecule has 1 spiro atoms. The summed E-state index contributed by atoms with van der Waals surface area (Å²) in [6, 6.07) is 7.13. The van der Waals surface area contributed by atoms with E-state index in [1.165, 1.54) is 36.4 Å². The maximum atomic E-state index is 13.2. The molecule has 12 heteroatoms. The molecule has 0 radical (unpaired) electrons. The second kappa shape index (κ2) is 8.83. The van der Waals surface area contributed by atoms with Crippen LogP contribution in [-0.4, -0.2) is 48.9 Å². The standard InChI is InChI=1S/C25H19Cl2NO8S/c1-2-37(33,34)6-5-28-23(31)12-3-4-14-13(7-12)24(32)36-25(14)15-8-17(26)19(29)10-21(15)35-22-11-20(30)18(27)9-16(22)25/h2-4,7-11,15,21,29-30H,1,5-6H2,(H,28,31). The number of amides is 1. The largest absolute Gasteiger partial charge is 0.507 e. The van der Waals surface area contributed by atoms with Crippen molar-refractivity contribution in [3.05, 3.63) is 92.5 Å². The minimum Gasteiger partial charge on any atom is -0.507 e. The van der Waals surface area contributed by atoms with E-state index in [9.17, 15) is 28.2 Å². The predicted octanol–water partition coefficient (Wildman–Crippen LogP) is 3.70. The molecule has 3 atom stereocenters. The van der Waals surface area contributed by atoms with Crippen molar-refractivity contribution in [1.82, 2.24) is 5.32 Å². The van der Waals surface area contributed by atoms with Crippen LogP contribution in [0, 0.1) is 5.92 Å². The fraction of sp³-hybridized carbons (Fsp3) is 0.200. The van der Waals surface area contributed by atoms with Crippen molar-refractivity contribution in [3.8, 4) is 11.5 Å². The van der Waals surface area contributed by atoms with Crippen LogP contribution in [-0.2, 0) is 20.2 Å². The molecule has 1 aliphatic carbocycles. The summed E-state index contributed by atoms with van der Waals surface area (Å²) < 4.78 is 35.2. The first kappa shape index (κ1) is 25.2. The monoisotopic (exact) mass is 563 g/mol. The van der Waals surface area contributed by atoms with Gasteiger partial charge in [-0.15, -0.1) is 0 Å². The maximum Gasteiger partial charge on any atom is 0.339 e. The lowest BCUT2D eigenvalue weighted by Crippen LogP contribution is -2.48. The zero-order valence-corrected chi connectivity index (χ0v) is 21.2. The first-order valence-corrected chi connectivity index (χ1v) is 13.4. The molecule has 5 rings (SSSR count). The number of allylic oxidation sites excluding steroid dienone is 1. The zero-order valence-electron chi connectivity index (χ0n) is 18.9. The minimum absolute atomic E-state index is 0.000534. The Kier molecular flexibility index (Phi) is 6.01. The van der Waals surface area contributed by atoms with E-state index in [0.717, 1.165) is 5.41 Å². The van der Waals surface area contributed by atoms with E-state index in [1.807, 2.05) is 0 Å². The molecule has 0 aromatic heterocycles. The van der Waals surface area contributed by atoms with Crippen LogP contribution in [0.15, 0.2) is 65.3 Å². The molecule has 9 nitrogen and oxygen atoms in total. The molecule has 0 saturated carbocycles. The molecule has 2 aliphatic heterocycles. The van der Waals surface area contributed by atoms with Crippen molar-refractivity contribution >= 4 is 44.9 Å². The summed E-state index contributed by atoms with van der Waals surface area (Å²) in [5.41, 5.74) is -0.519. The Balaban J connectivity index is 1.59. The Hall–Kier alpha value is -3.47. The van der Waals surface area contributed by atoms with Gasteiger partial charge in [-0.05, 0) is 18.2 Å². The average molecular weight is 564 g/mol. The van der Waals surface area contributed by atoms with Gasteiger partial charge in [-0.3, -0.25) is 4.79 Å². The zero-order chi connectivity index (χ0) is 26.7. The van der Waals surface area contributed by atoms with Crippen LogP contribution >= 0.6 is 23.2 Å². The Morgan fingerprint density at radius 3 is 2.65 bits per heavy atom. The van der Waals surface area contributed by atoms with Crippen LogP contribution in [0.3, 0.4) is 0 Å². The van der Waals surface area contributed by atoms with Crippen LogP contribution in [0.25, 0.3) is 0 Å². The van der Waals surface area contributed by atoms with Gasteiger partial charge in [-0.2, -0.15) is 0 Å². The van der Waals surface area contributed by atoms with Gasteiger partial charge in [0.15, 0.2) is 15.4 Å². The predicted molar refractivity (Wildman–Crippen MR) is 135 cm³/mol. The van der Waals surface area contributed by atoms with Gasteiger partial charge in [0.05, 0.1) is 27.3 Å². The van der Waals surface area contributed by atoms with E-state index in [0.29, 0.717) is 11.1 Å². The van der Waals surface area contributed by atoms with Crippen molar-refractivity contribution in [2.45, 2.75) is 11.7 Å². The third kappa shape index (κ3) is 4.05. The SMILES string of the molecule is C=CS(=O)(=O)CCNC(=O)c1ccc2c(c1)C(=O)OC21c2cc(Cl)c(O)cc2OC2C=C(O)C(Cl)=CC21. The maximum absolute atomic E-state index is 13.2. The Bertz CT molecular complexity index is 1550. The number of hydrogen-bond donors (Lipinski definition) is 3. The van der Waals surface area contributed by atoms with Crippen LogP contribution < -0.4 is 10.1 Å². The molecule has 3 aliphatic rings. The van der Waals surface area contributed by atoms with E-state index in [-0.39, 0.29) is 50.7 Å². The molecule has 2 aromatic rings. The summed E-state index contributed by atoms with van der Waals surface area (Å²) in [4.78, 5) is 25.9. The second-order valence-corrected chi connectivity index (χ2v) is 11.5. The quantitative estimate of drug-likeness (QED) is 0.468. The van der Waals surface area contributed by atoms with Gasteiger partial charge >= 0.3 is 5.97 Å². The first-order chi connectivity index (χ1) is 17.5. The summed E-state index contributed by atoms with van der Waals surface area (Å²) in [7, 11) is -3.49. The number of aliphatic hydroxyl groups is 1. The number of sulfone groups is 1. The highest BCUT2D eigenvalue weighted by atomic mass is 35.5. The lowest BCUT2D eigenvalue weighted by molar-refractivity contribution is -0.0425. The highest BCUT2D eigenvalue weighted by Crippen LogP contribution is 2.57. The highest BCUT2D eigenvalue weighted by Gasteiger charge is 2.59. The van der Waals surface area contributed by atoms with E-state index >= 15 is 0 Å². The van der Waals surface area contributed by atoms with Gasteiger partial charge in [-0.25, -0.2) is 13.2 Å². The van der Waals surface area contributed by atoms with Gasteiger partial charge in [0, 0.05) is 40.8 Å². The molecule has 0 fully saturated rings. The minimum atomic E-state index is -3.49. The van der Waals surface area contributed by atoms with Crippen LogP contribution in [0.4, 0.5) is 0 Å². The van der Waals surface area contributed by atoms with E-state index in [2.05, 4.69) is 11.9 Å². The van der Waals surface area contributed by atoms with E-state index in [4.69, 9.17) is 32.7 Å². The number of aromatic hydroxyl groups is 1. The van der Waals surface area contributed by atoms with Crippen LogP contribution in [0.5, 0.6) is 11.5 Å². The smallest absolute Gasteiger partial charge is 0.339 e.